The SMILES string of the molecule is FC(F)(F)c1ccc(Oc2nc(CNC3CC3)co2)cc1. The number of alkyl halides is 3. The molecule has 1 aliphatic carbocycles. The minimum atomic E-state index is -4.36. The number of oxazole rings is 1. The maximum atomic E-state index is 12.4. The van der Waals surface area contributed by atoms with E-state index in [2.05, 4.69) is 10.3 Å². The molecule has 0 unspecified atom stereocenters. The first-order valence-corrected chi connectivity index (χ1v) is 6.53. The van der Waals surface area contributed by atoms with E-state index in [0.717, 1.165) is 12.1 Å². The van der Waals surface area contributed by atoms with Gasteiger partial charge in [-0.05, 0) is 37.1 Å². The van der Waals surface area contributed by atoms with Crippen LogP contribution in [0.1, 0.15) is 24.1 Å². The number of nitrogens with one attached hydrogen (secondary N) is 1. The van der Waals surface area contributed by atoms with Crippen LogP contribution in [0, 0.1) is 0 Å². The highest BCUT2D eigenvalue weighted by atomic mass is 19.4. The molecule has 1 aliphatic rings. The lowest BCUT2D eigenvalue weighted by molar-refractivity contribution is -0.137. The lowest BCUT2D eigenvalue weighted by Gasteiger charge is -2.06. The molecule has 0 saturated heterocycles. The van der Waals surface area contributed by atoms with Crippen LogP contribution in [0.25, 0.3) is 0 Å². The Morgan fingerprint density at radius 1 is 1.24 bits per heavy atom. The van der Waals surface area contributed by atoms with Crippen LogP contribution in [0.5, 0.6) is 11.8 Å². The zero-order valence-electron chi connectivity index (χ0n) is 11.0. The number of rotatable bonds is 5. The van der Waals surface area contributed by atoms with Gasteiger partial charge in [0.15, 0.2) is 0 Å². The average Bonchev–Trinajstić information content (AvgIpc) is 3.16. The Hall–Kier alpha value is -2.02. The molecule has 1 heterocycles. The van der Waals surface area contributed by atoms with Crippen molar-refractivity contribution in [2.24, 2.45) is 0 Å². The van der Waals surface area contributed by atoms with E-state index < -0.39 is 11.7 Å². The summed E-state index contributed by atoms with van der Waals surface area (Å²) in [6.45, 7) is 0.588. The minimum absolute atomic E-state index is 0.0161. The van der Waals surface area contributed by atoms with Crippen molar-refractivity contribution in [1.82, 2.24) is 10.3 Å². The fourth-order valence-electron chi connectivity index (χ4n) is 1.77. The molecule has 112 valence electrons. The molecule has 0 aliphatic heterocycles. The molecule has 1 N–H and O–H groups in total. The number of halogens is 3. The van der Waals surface area contributed by atoms with E-state index in [1.54, 1.807) is 0 Å². The van der Waals surface area contributed by atoms with E-state index in [1.165, 1.54) is 31.2 Å². The first-order chi connectivity index (χ1) is 10.0. The van der Waals surface area contributed by atoms with Gasteiger partial charge in [0.25, 0.3) is 0 Å². The molecule has 0 spiro atoms. The molecular weight excluding hydrogens is 285 g/mol. The Morgan fingerprint density at radius 2 is 1.95 bits per heavy atom. The summed E-state index contributed by atoms with van der Waals surface area (Å²) in [7, 11) is 0. The fraction of sp³-hybridized carbons (Fsp3) is 0.357. The molecule has 3 rings (SSSR count). The lowest BCUT2D eigenvalue weighted by atomic mass is 10.2. The first kappa shape index (κ1) is 13.9. The van der Waals surface area contributed by atoms with Crippen molar-refractivity contribution in [2.45, 2.75) is 31.6 Å². The van der Waals surface area contributed by atoms with Crippen molar-refractivity contribution in [3.05, 3.63) is 41.8 Å². The second-order valence-corrected chi connectivity index (χ2v) is 4.88. The van der Waals surface area contributed by atoms with Crippen molar-refractivity contribution in [2.75, 3.05) is 0 Å². The summed E-state index contributed by atoms with van der Waals surface area (Å²) in [6, 6.07) is 4.92. The van der Waals surface area contributed by atoms with Crippen molar-refractivity contribution in [3.63, 3.8) is 0 Å². The topological polar surface area (TPSA) is 47.3 Å². The molecule has 1 aromatic heterocycles. The van der Waals surface area contributed by atoms with Crippen LogP contribution >= 0.6 is 0 Å². The molecule has 1 fully saturated rings. The number of hydrogen-bond donors (Lipinski definition) is 1. The summed E-state index contributed by atoms with van der Waals surface area (Å²) in [4.78, 5) is 4.10. The van der Waals surface area contributed by atoms with Crippen molar-refractivity contribution in [1.29, 1.82) is 0 Å². The summed E-state index contributed by atoms with van der Waals surface area (Å²) < 4.78 is 47.7. The van der Waals surface area contributed by atoms with Crippen LogP contribution in [-0.2, 0) is 12.7 Å². The largest absolute Gasteiger partial charge is 0.417 e. The van der Waals surface area contributed by atoms with Crippen molar-refractivity contribution < 1.29 is 22.3 Å². The Bertz CT molecular complexity index is 603. The van der Waals surface area contributed by atoms with E-state index in [4.69, 9.17) is 9.15 Å². The van der Waals surface area contributed by atoms with Crippen LogP contribution in [0.3, 0.4) is 0 Å². The fourth-order valence-corrected chi connectivity index (χ4v) is 1.77. The predicted octanol–water partition coefficient (Wildman–Crippen LogP) is 3.74. The summed E-state index contributed by atoms with van der Waals surface area (Å²) in [5.41, 5.74) is -0.0274. The monoisotopic (exact) mass is 298 g/mol. The van der Waals surface area contributed by atoms with Gasteiger partial charge in [0.2, 0.25) is 0 Å². The van der Waals surface area contributed by atoms with E-state index in [1.807, 2.05) is 0 Å². The zero-order chi connectivity index (χ0) is 14.9. The van der Waals surface area contributed by atoms with Gasteiger partial charge in [0.1, 0.15) is 12.0 Å². The average molecular weight is 298 g/mol. The highest BCUT2D eigenvalue weighted by Gasteiger charge is 2.30. The quantitative estimate of drug-likeness (QED) is 0.913. The Balaban J connectivity index is 1.60. The molecule has 4 nitrogen and oxygen atoms in total. The highest BCUT2D eigenvalue weighted by Crippen LogP contribution is 2.31. The number of hydrogen-bond acceptors (Lipinski definition) is 4. The third kappa shape index (κ3) is 3.75. The molecule has 0 radical (unpaired) electrons. The number of nitrogens with zero attached hydrogens (tertiary/aromatic N) is 1. The van der Waals surface area contributed by atoms with Crippen LogP contribution in [-0.4, -0.2) is 11.0 Å². The van der Waals surface area contributed by atoms with Crippen molar-refractivity contribution >= 4 is 0 Å². The summed E-state index contributed by atoms with van der Waals surface area (Å²) in [5, 5.41) is 3.27. The standard InChI is InChI=1S/C14H13F3N2O2/c15-14(16,17)9-1-5-12(6-2-9)21-13-19-11(8-20-13)7-18-10-3-4-10/h1-2,5-6,8,10,18H,3-4,7H2. The molecule has 7 heteroatoms. The minimum Gasteiger partial charge on any atom is -0.417 e. The Kier molecular flexibility index (Phi) is 3.59. The Labute approximate surface area is 118 Å². The van der Waals surface area contributed by atoms with E-state index in [-0.39, 0.29) is 11.8 Å². The second-order valence-electron chi connectivity index (χ2n) is 4.88. The van der Waals surface area contributed by atoms with Gasteiger partial charge in [-0.1, -0.05) is 0 Å². The maximum absolute atomic E-state index is 12.4. The summed E-state index contributed by atoms with van der Waals surface area (Å²) in [6.07, 6.45) is -0.528. The number of ether oxygens (including phenoxy) is 1. The number of aromatic nitrogens is 1. The van der Waals surface area contributed by atoms with Gasteiger partial charge in [-0.2, -0.15) is 18.2 Å². The maximum Gasteiger partial charge on any atom is 0.416 e. The second kappa shape index (κ2) is 5.40. The van der Waals surface area contributed by atoms with E-state index in [9.17, 15) is 13.2 Å². The van der Waals surface area contributed by atoms with Gasteiger partial charge in [-0.15, -0.1) is 0 Å². The molecule has 1 saturated carbocycles. The van der Waals surface area contributed by atoms with E-state index >= 15 is 0 Å². The van der Waals surface area contributed by atoms with Gasteiger partial charge in [0, 0.05) is 12.6 Å². The van der Waals surface area contributed by atoms with Crippen LogP contribution in [0.2, 0.25) is 0 Å². The van der Waals surface area contributed by atoms with Gasteiger partial charge in [-0.25, -0.2) is 0 Å². The Morgan fingerprint density at radius 3 is 2.57 bits per heavy atom. The normalized spacial score (nSPS) is 15.2. The van der Waals surface area contributed by atoms with Gasteiger partial charge in [-0.3, -0.25) is 0 Å². The van der Waals surface area contributed by atoms with Gasteiger partial charge in [0.05, 0.1) is 11.3 Å². The van der Waals surface area contributed by atoms with Gasteiger partial charge < -0.3 is 14.5 Å². The van der Waals surface area contributed by atoms with Gasteiger partial charge >= 0.3 is 12.3 Å². The molecular formula is C14H13F3N2O2. The van der Waals surface area contributed by atoms with Crippen LogP contribution < -0.4 is 10.1 Å². The third-order valence-electron chi connectivity index (χ3n) is 3.07. The smallest absolute Gasteiger partial charge is 0.416 e. The molecule has 21 heavy (non-hydrogen) atoms. The van der Waals surface area contributed by atoms with Crippen molar-refractivity contribution in [3.8, 4) is 11.8 Å². The van der Waals surface area contributed by atoms with Crippen LogP contribution in [0.15, 0.2) is 34.9 Å². The zero-order valence-corrected chi connectivity index (χ0v) is 11.0. The summed E-state index contributed by atoms with van der Waals surface area (Å²) >= 11 is 0. The van der Waals surface area contributed by atoms with E-state index in [0.29, 0.717) is 18.3 Å². The lowest BCUT2D eigenvalue weighted by Crippen LogP contribution is -2.15. The first-order valence-electron chi connectivity index (χ1n) is 6.53. The van der Waals surface area contributed by atoms with Crippen LogP contribution in [0.4, 0.5) is 13.2 Å². The highest BCUT2D eigenvalue weighted by molar-refractivity contribution is 5.30. The molecule has 0 bridgehead atoms. The third-order valence-corrected chi connectivity index (χ3v) is 3.07. The summed E-state index contributed by atoms with van der Waals surface area (Å²) in [5.74, 6) is 0.242. The number of benzene rings is 1. The molecule has 1 aromatic carbocycles. The molecule has 0 atom stereocenters. The molecule has 0 amide bonds. The molecule has 2 aromatic rings. The predicted molar refractivity (Wildman–Crippen MR) is 67.9 cm³/mol.